The third-order valence-corrected chi connectivity index (χ3v) is 7.35. The van der Waals surface area contributed by atoms with E-state index in [4.69, 9.17) is 5.11 Å². The van der Waals surface area contributed by atoms with Gasteiger partial charge in [0.2, 0.25) is 0 Å². The monoisotopic (exact) mass is 601 g/mol. The van der Waals surface area contributed by atoms with Crippen molar-refractivity contribution in [2.75, 3.05) is 16.8 Å². The van der Waals surface area contributed by atoms with E-state index in [1.807, 2.05) is 12.1 Å². The molecule has 1 saturated carbocycles. The summed E-state index contributed by atoms with van der Waals surface area (Å²) < 4.78 is 53.6. The molecule has 0 heterocycles. The van der Waals surface area contributed by atoms with Crippen LogP contribution in [0.5, 0.6) is 0 Å². The minimum Gasteiger partial charge on any atom is -0.479 e. The van der Waals surface area contributed by atoms with Crippen LogP contribution in [-0.4, -0.2) is 40.8 Å². The van der Waals surface area contributed by atoms with Gasteiger partial charge >= 0.3 is 18.2 Å². The lowest BCUT2D eigenvalue weighted by atomic mass is 9.84. The summed E-state index contributed by atoms with van der Waals surface area (Å²) >= 11 is 0. The zero-order valence-electron chi connectivity index (χ0n) is 23.0. The second-order valence-electron chi connectivity index (χ2n) is 10.4. The zero-order valence-corrected chi connectivity index (χ0v) is 23.0. The van der Waals surface area contributed by atoms with Gasteiger partial charge in [-0.05, 0) is 72.4 Å². The molecule has 0 bridgehead atoms. The Morgan fingerprint density at radius 1 is 0.930 bits per heavy atom. The fourth-order valence-corrected chi connectivity index (χ4v) is 4.98. The van der Waals surface area contributed by atoms with E-state index in [1.54, 1.807) is 24.3 Å². The van der Waals surface area contributed by atoms with Crippen LogP contribution >= 0.6 is 0 Å². The van der Waals surface area contributed by atoms with Gasteiger partial charge in [0.25, 0.3) is 5.91 Å². The van der Waals surface area contributed by atoms with Gasteiger partial charge in [-0.3, -0.25) is 9.69 Å². The number of halogens is 4. The highest BCUT2D eigenvalue weighted by Crippen LogP contribution is 2.35. The molecule has 0 aromatic heterocycles. The van der Waals surface area contributed by atoms with Crippen LogP contribution < -0.4 is 15.5 Å². The number of benzene rings is 3. The Kier molecular flexibility index (Phi) is 10.0. The highest BCUT2D eigenvalue weighted by atomic mass is 19.4. The number of aliphatic carboxylic acids is 1. The quantitative estimate of drug-likeness (QED) is 0.215. The summed E-state index contributed by atoms with van der Waals surface area (Å²) in [5.41, 5.74) is 0.626. The number of aliphatic hydroxyl groups is 1. The molecule has 1 aliphatic carbocycles. The molecule has 12 heteroatoms. The van der Waals surface area contributed by atoms with Crippen LogP contribution in [0.2, 0.25) is 0 Å². The number of amides is 3. The van der Waals surface area contributed by atoms with E-state index in [2.05, 4.69) is 10.6 Å². The van der Waals surface area contributed by atoms with E-state index in [-0.39, 0.29) is 17.8 Å². The summed E-state index contributed by atoms with van der Waals surface area (Å²) in [6.07, 6.45) is -1.06. The lowest BCUT2D eigenvalue weighted by molar-refractivity contribution is -0.146. The maximum atomic E-state index is 13.8. The summed E-state index contributed by atoms with van der Waals surface area (Å²) in [7, 11) is 0. The molecule has 3 amide bonds. The number of carboxylic acids is 1. The van der Waals surface area contributed by atoms with Crippen LogP contribution in [0.25, 0.3) is 0 Å². The van der Waals surface area contributed by atoms with Crippen molar-refractivity contribution in [1.82, 2.24) is 5.32 Å². The molecule has 0 radical (unpaired) electrons. The first-order chi connectivity index (χ1) is 20.4. The van der Waals surface area contributed by atoms with Gasteiger partial charge in [-0.1, -0.05) is 43.5 Å². The molecule has 0 spiro atoms. The van der Waals surface area contributed by atoms with Crippen LogP contribution in [0.1, 0.15) is 65.1 Å². The minimum atomic E-state index is -4.95. The summed E-state index contributed by atoms with van der Waals surface area (Å²) in [6, 6.07) is 14.9. The van der Waals surface area contributed by atoms with Gasteiger partial charge in [-0.25, -0.2) is 14.0 Å². The lowest BCUT2D eigenvalue weighted by Gasteiger charge is -2.26. The van der Waals surface area contributed by atoms with E-state index >= 15 is 0 Å². The Hall–Kier alpha value is -4.45. The second kappa shape index (κ2) is 13.7. The topological polar surface area (TPSA) is 119 Å². The lowest BCUT2D eigenvalue weighted by Crippen LogP contribution is -2.36. The Morgan fingerprint density at radius 2 is 1.58 bits per heavy atom. The molecule has 3 aromatic rings. The first-order valence-corrected chi connectivity index (χ1v) is 13.8. The number of hydrogen-bond donors (Lipinski definition) is 4. The average molecular weight is 602 g/mol. The first kappa shape index (κ1) is 31.5. The van der Waals surface area contributed by atoms with Gasteiger partial charge in [0.15, 0.2) is 6.10 Å². The Bertz CT molecular complexity index is 1440. The summed E-state index contributed by atoms with van der Waals surface area (Å²) in [6.45, 7) is -0.512. The number of hydrogen-bond acceptors (Lipinski definition) is 4. The van der Waals surface area contributed by atoms with E-state index < -0.39 is 48.1 Å². The van der Waals surface area contributed by atoms with Crippen LogP contribution in [0.15, 0.2) is 66.7 Å². The molecule has 1 fully saturated rings. The first-order valence-electron chi connectivity index (χ1n) is 13.8. The number of carbonyl (C=O) groups is 3. The molecule has 4 N–H and O–H groups in total. The molecule has 0 aliphatic heterocycles. The number of alkyl halides is 3. The van der Waals surface area contributed by atoms with Crippen molar-refractivity contribution in [3.05, 3.63) is 94.8 Å². The maximum Gasteiger partial charge on any atom is 0.419 e. The van der Waals surface area contributed by atoms with Crippen molar-refractivity contribution in [3.8, 4) is 0 Å². The Morgan fingerprint density at radius 3 is 2.19 bits per heavy atom. The molecular formula is C31H31F4N3O5. The van der Waals surface area contributed by atoms with Gasteiger partial charge in [-0.2, -0.15) is 13.2 Å². The SMILES string of the molecule is O=C(NC[C@@H](O)C(=O)O)c1ccc(CN(C(=O)Nc2ccc(F)c(C(F)(F)F)c2)c2ccc(C3CCCCC3)cc2)cc1. The number of anilines is 2. The predicted octanol–water partition coefficient (Wildman–Crippen LogP) is 6.31. The van der Waals surface area contributed by atoms with Gasteiger partial charge in [0, 0.05) is 16.9 Å². The number of nitrogens with one attached hydrogen (secondary N) is 2. The molecule has 0 unspecified atom stereocenters. The van der Waals surface area contributed by atoms with E-state index in [9.17, 15) is 37.1 Å². The third-order valence-electron chi connectivity index (χ3n) is 7.35. The van der Waals surface area contributed by atoms with Crippen LogP contribution in [0, 0.1) is 5.82 Å². The molecule has 1 aliphatic rings. The number of carbonyl (C=O) groups excluding carboxylic acids is 2. The average Bonchev–Trinajstić information content (AvgIpc) is 2.99. The fraction of sp³-hybridized carbons (Fsp3) is 0.323. The van der Waals surface area contributed by atoms with E-state index in [0.717, 1.165) is 37.3 Å². The van der Waals surface area contributed by atoms with Crippen molar-refractivity contribution in [1.29, 1.82) is 0 Å². The summed E-state index contributed by atoms with van der Waals surface area (Å²) in [4.78, 5) is 37.8. The normalized spacial score (nSPS) is 14.5. The number of aliphatic hydroxyl groups excluding tert-OH is 1. The van der Waals surface area contributed by atoms with Crippen LogP contribution in [0.4, 0.5) is 33.7 Å². The predicted molar refractivity (Wildman–Crippen MR) is 151 cm³/mol. The molecule has 0 saturated heterocycles. The van der Waals surface area contributed by atoms with Crippen molar-refractivity contribution in [2.24, 2.45) is 0 Å². The van der Waals surface area contributed by atoms with Crippen molar-refractivity contribution < 1.29 is 42.2 Å². The molecule has 3 aromatic carbocycles. The van der Waals surface area contributed by atoms with E-state index in [0.29, 0.717) is 29.3 Å². The molecule has 228 valence electrons. The minimum absolute atomic E-state index is 0.0262. The van der Waals surface area contributed by atoms with Crippen molar-refractivity contribution in [3.63, 3.8) is 0 Å². The number of nitrogens with zero attached hydrogens (tertiary/aromatic N) is 1. The van der Waals surface area contributed by atoms with E-state index in [1.165, 1.54) is 23.5 Å². The highest BCUT2D eigenvalue weighted by Gasteiger charge is 2.34. The Balaban J connectivity index is 1.55. The molecule has 4 rings (SSSR count). The molecule has 43 heavy (non-hydrogen) atoms. The number of rotatable bonds is 9. The molecule has 1 atom stereocenters. The fourth-order valence-electron chi connectivity index (χ4n) is 4.98. The molecule has 8 nitrogen and oxygen atoms in total. The zero-order chi connectivity index (χ0) is 31.1. The summed E-state index contributed by atoms with van der Waals surface area (Å²) in [5.74, 6) is -3.13. The third kappa shape index (κ3) is 8.31. The van der Waals surface area contributed by atoms with Crippen molar-refractivity contribution >= 4 is 29.3 Å². The smallest absolute Gasteiger partial charge is 0.419 e. The van der Waals surface area contributed by atoms with Crippen LogP contribution in [0.3, 0.4) is 0 Å². The maximum absolute atomic E-state index is 13.8. The Labute approximate surface area is 245 Å². The number of carboxylic acid groups (broad SMARTS) is 1. The van der Waals surface area contributed by atoms with Gasteiger partial charge in [0.1, 0.15) is 5.82 Å². The molecular weight excluding hydrogens is 570 g/mol. The van der Waals surface area contributed by atoms with Gasteiger partial charge in [0.05, 0.1) is 18.7 Å². The van der Waals surface area contributed by atoms with Crippen molar-refractivity contribution in [2.45, 2.75) is 56.8 Å². The van der Waals surface area contributed by atoms with Crippen LogP contribution in [-0.2, 0) is 17.5 Å². The number of urea groups is 1. The summed E-state index contributed by atoms with van der Waals surface area (Å²) in [5, 5.41) is 22.9. The van der Waals surface area contributed by atoms with Gasteiger partial charge in [-0.15, -0.1) is 0 Å². The standard InChI is InChI=1S/C31H31F4N3O5/c32-26-15-12-23(16-25(26)31(33,34)35)37-30(43)38(24-13-10-21(11-14-24)20-4-2-1-3-5-20)18-19-6-8-22(9-7-19)28(40)36-17-27(39)29(41)42/h6-16,20,27,39H,1-5,17-18H2,(H,36,40)(H,37,43)(H,41,42)/t27-/m1/s1. The van der Waals surface area contributed by atoms with Gasteiger partial charge < -0.3 is 20.8 Å². The highest BCUT2D eigenvalue weighted by molar-refractivity contribution is 6.01. The largest absolute Gasteiger partial charge is 0.479 e. The second-order valence-corrected chi connectivity index (χ2v) is 10.4.